The SMILES string of the molecule is CC1=CC(C)(C)N(C)c2cc(Cl)c(C3C(c4ccccn4)NC(=S)N3c3ccc(Oc4ccccc4C)cc3)cc21. The summed E-state index contributed by atoms with van der Waals surface area (Å²) in [5, 5.41) is 4.87. The number of halogens is 1. The molecule has 2 unspecified atom stereocenters. The van der Waals surface area contributed by atoms with Crippen LogP contribution in [0.1, 0.15) is 55.2 Å². The van der Waals surface area contributed by atoms with Gasteiger partial charge in [0.05, 0.1) is 23.3 Å². The van der Waals surface area contributed by atoms with E-state index in [1.165, 1.54) is 11.1 Å². The summed E-state index contributed by atoms with van der Waals surface area (Å²) in [5.74, 6) is 1.60. The molecule has 5 nitrogen and oxygen atoms in total. The third-order valence-corrected chi connectivity index (χ3v) is 8.83. The number of nitrogens with zero attached hydrogens (tertiary/aromatic N) is 3. The van der Waals surface area contributed by atoms with Gasteiger partial charge in [-0.2, -0.15) is 0 Å². The van der Waals surface area contributed by atoms with Crippen LogP contribution in [0.2, 0.25) is 5.02 Å². The predicted molar refractivity (Wildman–Crippen MR) is 173 cm³/mol. The second kappa shape index (κ2) is 10.5. The molecule has 0 radical (unpaired) electrons. The molecule has 0 spiro atoms. The first-order chi connectivity index (χ1) is 19.6. The summed E-state index contributed by atoms with van der Waals surface area (Å²) < 4.78 is 6.17. The van der Waals surface area contributed by atoms with Gasteiger partial charge in [-0.3, -0.25) is 4.98 Å². The van der Waals surface area contributed by atoms with Crippen molar-refractivity contribution in [2.45, 2.75) is 45.3 Å². The number of rotatable bonds is 5. The smallest absolute Gasteiger partial charge is 0.174 e. The van der Waals surface area contributed by atoms with Crippen LogP contribution >= 0.6 is 23.8 Å². The standard InChI is InChI=1S/C34H33ClN4OS/c1-21-10-6-7-12-30(21)40-24-15-13-23(14-16-24)39-32(31(37-33(39)41)28-11-8-9-17-36-28)26-18-25-22(2)20-34(3,4)38(5)29(25)19-27(26)35/h6-20,31-32H,1-5H3,(H,37,41). The number of aromatic nitrogens is 1. The zero-order chi connectivity index (χ0) is 28.9. The van der Waals surface area contributed by atoms with Gasteiger partial charge in [0.15, 0.2) is 5.11 Å². The number of anilines is 2. The molecule has 2 aliphatic heterocycles. The number of benzene rings is 3. The van der Waals surface area contributed by atoms with Gasteiger partial charge in [-0.05, 0) is 111 Å². The average Bonchev–Trinajstić information content (AvgIpc) is 3.30. The Morgan fingerprint density at radius 1 is 0.976 bits per heavy atom. The van der Waals surface area contributed by atoms with E-state index in [0.29, 0.717) is 10.1 Å². The lowest BCUT2D eigenvalue weighted by Crippen LogP contribution is -2.42. The monoisotopic (exact) mass is 580 g/mol. The van der Waals surface area contributed by atoms with Crippen LogP contribution in [-0.4, -0.2) is 22.7 Å². The number of pyridine rings is 1. The second-order valence-corrected chi connectivity index (χ2v) is 12.1. The molecule has 2 aliphatic rings. The molecule has 1 N–H and O–H groups in total. The van der Waals surface area contributed by atoms with E-state index < -0.39 is 0 Å². The van der Waals surface area contributed by atoms with E-state index in [1.807, 2.05) is 79.9 Å². The van der Waals surface area contributed by atoms with Gasteiger partial charge < -0.3 is 19.9 Å². The summed E-state index contributed by atoms with van der Waals surface area (Å²) in [6, 6.07) is 25.9. The van der Waals surface area contributed by atoms with Crippen molar-refractivity contribution in [2.24, 2.45) is 0 Å². The van der Waals surface area contributed by atoms with Crippen LogP contribution in [0, 0.1) is 6.92 Å². The van der Waals surface area contributed by atoms with Gasteiger partial charge in [-0.15, -0.1) is 0 Å². The van der Waals surface area contributed by atoms with Crippen molar-refractivity contribution in [3.8, 4) is 11.5 Å². The van der Waals surface area contributed by atoms with E-state index in [9.17, 15) is 0 Å². The van der Waals surface area contributed by atoms with E-state index in [2.05, 4.69) is 61.1 Å². The number of aryl methyl sites for hydroxylation is 1. The van der Waals surface area contributed by atoms with Crippen LogP contribution < -0.4 is 19.9 Å². The van der Waals surface area contributed by atoms with Gasteiger partial charge in [-0.1, -0.05) is 41.9 Å². The number of para-hydroxylation sites is 1. The number of nitrogens with one attached hydrogen (secondary N) is 1. The molecule has 6 rings (SSSR count). The minimum atomic E-state index is -0.216. The highest BCUT2D eigenvalue weighted by Gasteiger charge is 2.42. The lowest BCUT2D eigenvalue weighted by atomic mass is 9.86. The van der Waals surface area contributed by atoms with Crippen molar-refractivity contribution in [3.63, 3.8) is 0 Å². The topological polar surface area (TPSA) is 40.6 Å². The minimum absolute atomic E-state index is 0.108. The molecule has 0 bridgehead atoms. The zero-order valence-corrected chi connectivity index (χ0v) is 25.4. The Balaban J connectivity index is 1.43. The molecule has 41 heavy (non-hydrogen) atoms. The molecule has 2 atom stereocenters. The first kappa shape index (κ1) is 27.3. The Hall–Kier alpha value is -3.87. The first-order valence-corrected chi connectivity index (χ1v) is 14.5. The van der Waals surface area contributed by atoms with Crippen molar-refractivity contribution in [3.05, 3.63) is 119 Å². The highest BCUT2D eigenvalue weighted by molar-refractivity contribution is 7.80. The fourth-order valence-electron chi connectivity index (χ4n) is 5.84. The summed E-state index contributed by atoms with van der Waals surface area (Å²) in [4.78, 5) is 9.13. The van der Waals surface area contributed by atoms with E-state index in [0.717, 1.165) is 39.7 Å². The largest absolute Gasteiger partial charge is 0.457 e. The van der Waals surface area contributed by atoms with E-state index >= 15 is 0 Å². The van der Waals surface area contributed by atoms with Crippen molar-refractivity contribution in [2.75, 3.05) is 16.8 Å². The number of hydrogen-bond donors (Lipinski definition) is 1. The molecular formula is C34H33ClN4OS. The summed E-state index contributed by atoms with van der Waals surface area (Å²) >= 11 is 13.1. The average molecular weight is 581 g/mol. The summed E-state index contributed by atoms with van der Waals surface area (Å²) in [6.07, 6.45) is 4.13. The third-order valence-electron chi connectivity index (χ3n) is 8.19. The fourth-order valence-corrected chi connectivity index (χ4v) is 6.45. The molecular weight excluding hydrogens is 548 g/mol. The molecule has 3 heterocycles. The van der Waals surface area contributed by atoms with Gasteiger partial charge in [0, 0.05) is 35.2 Å². The lowest BCUT2D eigenvalue weighted by Gasteiger charge is -2.41. The Labute approximate surface area is 252 Å². The quantitative estimate of drug-likeness (QED) is 0.238. The molecule has 0 saturated carbocycles. The molecule has 4 aromatic rings. The van der Waals surface area contributed by atoms with Crippen LogP contribution in [-0.2, 0) is 0 Å². The van der Waals surface area contributed by atoms with Gasteiger partial charge >= 0.3 is 0 Å². The molecule has 1 saturated heterocycles. The Bertz CT molecular complexity index is 1650. The van der Waals surface area contributed by atoms with E-state index in [1.54, 1.807) is 0 Å². The van der Waals surface area contributed by atoms with Crippen LogP contribution in [0.5, 0.6) is 11.5 Å². The van der Waals surface area contributed by atoms with Gasteiger partial charge in [0.25, 0.3) is 0 Å². The van der Waals surface area contributed by atoms with Crippen molar-refractivity contribution in [1.82, 2.24) is 10.3 Å². The minimum Gasteiger partial charge on any atom is -0.457 e. The Morgan fingerprint density at radius 2 is 1.71 bits per heavy atom. The molecule has 0 amide bonds. The number of allylic oxidation sites excluding steroid dienone is 1. The molecule has 1 aromatic heterocycles. The van der Waals surface area contributed by atoms with E-state index in [4.69, 9.17) is 33.5 Å². The molecule has 7 heteroatoms. The number of thiocarbonyl (C=S) groups is 1. The molecule has 1 fully saturated rings. The van der Waals surface area contributed by atoms with Crippen LogP contribution in [0.25, 0.3) is 5.57 Å². The zero-order valence-electron chi connectivity index (χ0n) is 23.9. The highest BCUT2D eigenvalue weighted by Crippen LogP contribution is 2.48. The number of ether oxygens (including phenoxy) is 1. The van der Waals surface area contributed by atoms with Gasteiger partial charge in [-0.25, -0.2) is 0 Å². The maximum Gasteiger partial charge on any atom is 0.174 e. The van der Waals surface area contributed by atoms with Crippen LogP contribution in [0.15, 0.2) is 91.1 Å². The van der Waals surface area contributed by atoms with Crippen molar-refractivity contribution in [1.29, 1.82) is 0 Å². The Kier molecular flexibility index (Phi) is 7.00. The molecule has 208 valence electrons. The summed E-state index contributed by atoms with van der Waals surface area (Å²) in [6.45, 7) is 8.64. The second-order valence-electron chi connectivity index (χ2n) is 11.3. The van der Waals surface area contributed by atoms with Crippen LogP contribution in [0.3, 0.4) is 0 Å². The fraction of sp³-hybridized carbons (Fsp3) is 0.235. The molecule has 0 aliphatic carbocycles. The van der Waals surface area contributed by atoms with Gasteiger partial charge in [0.1, 0.15) is 11.5 Å². The lowest BCUT2D eigenvalue weighted by molar-refractivity contribution is 0.479. The van der Waals surface area contributed by atoms with E-state index in [-0.39, 0.29) is 17.6 Å². The highest BCUT2D eigenvalue weighted by atomic mass is 35.5. The van der Waals surface area contributed by atoms with Crippen molar-refractivity contribution < 1.29 is 4.74 Å². The molecule has 3 aromatic carbocycles. The summed E-state index contributed by atoms with van der Waals surface area (Å²) in [7, 11) is 2.12. The maximum atomic E-state index is 7.15. The Morgan fingerprint density at radius 3 is 2.41 bits per heavy atom. The number of hydrogen-bond acceptors (Lipinski definition) is 4. The maximum absolute atomic E-state index is 7.15. The number of fused-ring (bicyclic) bond motifs is 1. The first-order valence-electron chi connectivity index (χ1n) is 13.8. The summed E-state index contributed by atoms with van der Waals surface area (Å²) in [5.41, 5.74) is 7.34. The number of likely N-dealkylation sites (N-methyl/N-ethyl adjacent to an activating group) is 1. The van der Waals surface area contributed by atoms with Crippen LogP contribution in [0.4, 0.5) is 11.4 Å². The third kappa shape index (κ3) is 4.96. The normalized spacial score (nSPS) is 19.5. The van der Waals surface area contributed by atoms with Gasteiger partial charge in [0.2, 0.25) is 0 Å². The van der Waals surface area contributed by atoms with Crippen molar-refractivity contribution >= 4 is 45.9 Å². The predicted octanol–water partition coefficient (Wildman–Crippen LogP) is 8.64.